The van der Waals surface area contributed by atoms with Gasteiger partial charge in [0.1, 0.15) is 17.3 Å². The Morgan fingerprint density at radius 1 is 1.35 bits per heavy atom. The number of halogens is 1. The van der Waals surface area contributed by atoms with Gasteiger partial charge >= 0.3 is 0 Å². The Balaban J connectivity index is 2.21. The lowest BCUT2D eigenvalue weighted by Gasteiger charge is -2.15. The molecule has 1 aromatic carbocycles. The number of benzene rings is 1. The molecule has 2 aromatic rings. The average molecular weight is 339 g/mol. The van der Waals surface area contributed by atoms with E-state index in [2.05, 4.69) is 28.3 Å². The average Bonchev–Trinajstić information content (AvgIpc) is 2.95. The van der Waals surface area contributed by atoms with Crippen LogP contribution in [0.25, 0.3) is 0 Å². The van der Waals surface area contributed by atoms with Crippen LogP contribution in [-0.4, -0.2) is 7.11 Å². The molecule has 0 saturated heterocycles. The summed E-state index contributed by atoms with van der Waals surface area (Å²) >= 11 is 3.55. The lowest BCUT2D eigenvalue weighted by molar-refractivity contribution is 0.394. The molecule has 0 spiro atoms. The van der Waals surface area contributed by atoms with Crippen molar-refractivity contribution in [2.24, 2.45) is 5.84 Å². The van der Waals surface area contributed by atoms with Gasteiger partial charge in [0.15, 0.2) is 0 Å². The minimum Gasteiger partial charge on any atom is -0.497 e. The maximum atomic E-state index is 5.77. The Hall–Kier alpha value is -1.30. The van der Waals surface area contributed by atoms with Gasteiger partial charge in [0.2, 0.25) is 0 Å². The van der Waals surface area contributed by atoms with Gasteiger partial charge in [0.05, 0.1) is 13.2 Å². The molecule has 0 bridgehead atoms. The minimum absolute atomic E-state index is 0.0706. The van der Waals surface area contributed by atoms with Crippen LogP contribution in [-0.2, 0) is 12.8 Å². The van der Waals surface area contributed by atoms with E-state index in [0.717, 1.165) is 33.7 Å². The summed E-state index contributed by atoms with van der Waals surface area (Å²) in [7, 11) is 1.66. The fourth-order valence-corrected chi connectivity index (χ4v) is 2.48. The summed E-state index contributed by atoms with van der Waals surface area (Å²) in [5, 5.41) is 0. The van der Waals surface area contributed by atoms with Gasteiger partial charge in [0, 0.05) is 10.9 Å². The minimum atomic E-state index is -0.0706. The van der Waals surface area contributed by atoms with Gasteiger partial charge < -0.3 is 9.15 Å². The van der Waals surface area contributed by atoms with Crippen molar-refractivity contribution < 1.29 is 9.15 Å². The van der Waals surface area contributed by atoms with E-state index in [1.165, 1.54) is 0 Å². The summed E-state index contributed by atoms with van der Waals surface area (Å²) < 4.78 is 12.1. The maximum Gasteiger partial charge on any atom is 0.122 e. The van der Waals surface area contributed by atoms with Gasteiger partial charge in [-0.25, -0.2) is 5.43 Å². The molecule has 0 aliphatic rings. The predicted molar refractivity (Wildman–Crippen MR) is 82.5 cm³/mol. The van der Waals surface area contributed by atoms with Gasteiger partial charge in [-0.2, -0.15) is 0 Å². The number of hydrazine groups is 1. The van der Waals surface area contributed by atoms with E-state index in [0.29, 0.717) is 6.42 Å². The van der Waals surface area contributed by atoms with Crippen LogP contribution in [0.15, 0.2) is 39.2 Å². The van der Waals surface area contributed by atoms with E-state index in [9.17, 15) is 0 Å². The molecular weight excluding hydrogens is 320 g/mol. The second kappa shape index (κ2) is 6.92. The molecule has 0 radical (unpaired) electrons. The van der Waals surface area contributed by atoms with Crippen molar-refractivity contribution >= 4 is 15.9 Å². The smallest absolute Gasteiger partial charge is 0.122 e. The zero-order valence-corrected chi connectivity index (χ0v) is 13.2. The second-order valence-electron chi connectivity index (χ2n) is 4.54. The van der Waals surface area contributed by atoms with Crippen molar-refractivity contribution in [1.29, 1.82) is 0 Å². The summed E-state index contributed by atoms with van der Waals surface area (Å²) in [5.41, 5.74) is 3.93. The zero-order valence-electron chi connectivity index (χ0n) is 11.7. The first kappa shape index (κ1) is 15.1. The number of nitrogens with one attached hydrogen (secondary N) is 1. The lowest BCUT2D eigenvalue weighted by Crippen LogP contribution is -2.29. The van der Waals surface area contributed by atoms with Crippen LogP contribution in [0.1, 0.15) is 30.0 Å². The molecule has 5 heteroatoms. The largest absolute Gasteiger partial charge is 0.497 e. The lowest BCUT2D eigenvalue weighted by atomic mass is 10.0. The number of hydrogen-bond acceptors (Lipinski definition) is 4. The highest BCUT2D eigenvalue weighted by molar-refractivity contribution is 9.10. The van der Waals surface area contributed by atoms with Gasteiger partial charge in [-0.1, -0.05) is 22.9 Å². The highest BCUT2D eigenvalue weighted by Crippen LogP contribution is 2.28. The Bertz CT molecular complexity index is 569. The first-order chi connectivity index (χ1) is 9.67. The molecule has 0 fully saturated rings. The Labute approximate surface area is 127 Å². The molecule has 0 aliphatic heterocycles. The summed E-state index contributed by atoms with van der Waals surface area (Å²) in [5.74, 6) is 8.30. The first-order valence-corrected chi connectivity index (χ1v) is 7.34. The van der Waals surface area contributed by atoms with Crippen molar-refractivity contribution in [2.45, 2.75) is 25.8 Å². The van der Waals surface area contributed by atoms with Crippen LogP contribution in [0.3, 0.4) is 0 Å². The standard InChI is InChI=1S/C15H19BrN2O2/c1-3-11-5-7-15(20-11)14(18-17)9-10-8-12(19-2)4-6-13(10)16/h4-8,14,18H,3,9,17H2,1-2H3. The molecule has 1 heterocycles. The Morgan fingerprint density at radius 2 is 2.15 bits per heavy atom. The maximum absolute atomic E-state index is 5.77. The van der Waals surface area contributed by atoms with Crippen LogP contribution >= 0.6 is 15.9 Å². The number of furan rings is 1. The first-order valence-electron chi connectivity index (χ1n) is 6.55. The van der Waals surface area contributed by atoms with E-state index >= 15 is 0 Å². The topological polar surface area (TPSA) is 60.4 Å². The van der Waals surface area contributed by atoms with Crippen LogP contribution in [0.5, 0.6) is 5.75 Å². The third kappa shape index (κ3) is 3.42. The fourth-order valence-electron chi connectivity index (χ4n) is 2.07. The number of aryl methyl sites for hydroxylation is 1. The van der Waals surface area contributed by atoms with Gasteiger partial charge in [-0.3, -0.25) is 5.84 Å². The van der Waals surface area contributed by atoms with Crippen molar-refractivity contribution in [3.8, 4) is 5.75 Å². The van der Waals surface area contributed by atoms with Crippen molar-refractivity contribution in [1.82, 2.24) is 5.43 Å². The Kier molecular flexibility index (Phi) is 5.23. The van der Waals surface area contributed by atoms with Gasteiger partial charge in [-0.05, 0) is 42.3 Å². The molecule has 0 saturated carbocycles. The normalized spacial score (nSPS) is 12.4. The third-order valence-electron chi connectivity index (χ3n) is 3.25. The van der Waals surface area contributed by atoms with Crippen molar-refractivity contribution in [3.63, 3.8) is 0 Å². The predicted octanol–water partition coefficient (Wildman–Crippen LogP) is 3.36. The molecule has 1 atom stereocenters. The van der Waals surface area contributed by atoms with Crippen LogP contribution in [0.4, 0.5) is 0 Å². The molecule has 1 unspecified atom stereocenters. The molecule has 0 amide bonds. The third-order valence-corrected chi connectivity index (χ3v) is 4.03. The van der Waals surface area contributed by atoms with Gasteiger partial charge in [0.25, 0.3) is 0 Å². The monoisotopic (exact) mass is 338 g/mol. The molecule has 108 valence electrons. The highest BCUT2D eigenvalue weighted by atomic mass is 79.9. The SMILES string of the molecule is CCc1ccc(C(Cc2cc(OC)ccc2Br)NN)o1. The van der Waals surface area contributed by atoms with Crippen LogP contribution in [0.2, 0.25) is 0 Å². The van der Waals surface area contributed by atoms with E-state index in [4.69, 9.17) is 15.0 Å². The van der Waals surface area contributed by atoms with Crippen molar-refractivity contribution in [2.75, 3.05) is 7.11 Å². The van der Waals surface area contributed by atoms with Gasteiger partial charge in [-0.15, -0.1) is 0 Å². The van der Waals surface area contributed by atoms with E-state index in [1.54, 1.807) is 7.11 Å². The molecule has 2 rings (SSSR count). The molecule has 3 N–H and O–H groups in total. The van der Waals surface area contributed by atoms with Crippen LogP contribution < -0.4 is 16.0 Å². The van der Waals surface area contributed by atoms with Crippen LogP contribution in [0, 0.1) is 0 Å². The zero-order chi connectivity index (χ0) is 14.5. The molecular formula is C15H19BrN2O2. The quantitative estimate of drug-likeness (QED) is 0.626. The summed E-state index contributed by atoms with van der Waals surface area (Å²) in [6, 6.07) is 9.77. The summed E-state index contributed by atoms with van der Waals surface area (Å²) in [6.07, 6.45) is 1.59. The molecule has 0 aliphatic carbocycles. The van der Waals surface area contributed by atoms with E-state index in [-0.39, 0.29) is 6.04 Å². The summed E-state index contributed by atoms with van der Waals surface area (Å²) in [4.78, 5) is 0. The van der Waals surface area contributed by atoms with E-state index in [1.807, 2.05) is 30.3 Å². The number of ether oxygens (including phenoxy) is 1. The molecule has 20 heavy (non-hydrogen) atoms. The fraction of sp³-hybridized carbons (Fsp3) is 0.333. The Morgan fingerprint density at radius 3 is 2.75 bits per heavy atom. The van der Waals surface area contributed by atoms with E-state index < -0.39 is 0 Å². The highest BCUT2D eigenvalue weighted by Gasteiger charge is 2.16. The van der Waals surface area contributed by atoms with Crippen molar-refractivity contribution in [3.05, 3.63) is 51.9 Å². The second-order valence-corrected chi connectivity index (χ2v) is 5.39. The number of rotatable bonds is 6. The number of methoxy groups -OCH3 is 1. The number of hydrogen-bond donors (Lipinski definition) is 2. The molecule has 4 nitrogen and oxygen atoms in total. The number of nitrogens with two attached hydrogens (primary N) is 1. The summed E-state index contributed by atoms with van der Waals surface area (Å²) in [6.45, 7) is 2.06. The molecule has 1 aromatic heterocycles.